The van der Waals surface area contributed by atoms with Gasteiger partial charge in [0.2, 0.25) is 0 Å². The predicted molar refractivity (Wildman–Crippen MR) is 142 cm³/mol. The molecule has 2 aliphatic carbocycles. The van der Waals surface area contributed by atoms with Crippen LogP contribution in [0, 0.1) is 5.92 Å². The highest BCUT2D eigenvalue weighted by Crippen LogP contribution is 2.49. The fourth-order valence-corrected chi connectivity index (χ4v) is 6.25. The Bertz CT molecular complexity index is 1260. The fourth-order valence-electron chi connectivity index (χ4n) is 6.04. The lowest BCUT2D eigenvalue weighted by molar-refractivity contribution is -0.153. The van der Waals surface area contributed by atoms with E-state index in [0.29, 0.717) is 35.4 Å². The minimum absolute atomic E-state index is 0.0216. The van der Waals surface area contributed by atoms with E-state index in [1.165, 1.54) is 7.11 Å². The highest BCUT2D eigenvalue weighted by molar-refractivity contribution is 6.32. The Hall–Kier alpha value is -3.12. The quantitative estimate of drug-likeness (QED) is 0.453. The first kappa shape index (κ1) is 25.5. The summed E-state index contributed by atoms with van der Waals surface area (Å²) in [5.41, 5.74) is 3.58. The van der Waals surface area contributed by atoms with Gasteiger partial charge in [0.25, 0.3) is 0 Å². The number of halogens is 1. The normalized spacial score (nSPS) is 24.4. The molecule has 0 aromatic heterocycles. The number of methoxy groups -OCH3 is 1. The van der Waals surface area contributed by atoms with Crippen molar-refractivity contribution >= 4 is 29.1 Å². The van der Waals surface area contributed by atoms with E-state index in [-0.39, 0.29) is 40.3 Å². The Labute approximate surface area is 222 Å². The molecular weight excluding hydrogens is 490 g/mol. The summed E-state index contributed by atoms with van der Waals surface area (Å²) in [4.78, 5) is 32.3. The van der Waals surface area contributed by atoms with E-state index in [2.05, 4.69) is 0 Å². The van der Waals surface area contributed by atoms with Crippen molar-refractivity contribution in [2.24, 2.45) is 10.9 Å². The molecule has 1 N–H and O–H groups in total. The summed E-state index contributed by atoms with van der Waals surface area (Å²) in [5.74, 6) is -1.75. The minimum Gasteiger partial charge on any atom is -0.503 e. The van der Waals surface area contributed by atoms with Crippen LogP contribution in [0.1, 0.15) is 74.8 Å². The molecule has 37 heavy (non-hydrogen) atoms. The molecule has 3 atom stereocenters. The monoisotopic (exact) mass is 521 g/mol. The smallest absolute Gasteiger partial charge is 0.315 e. The van der Waals surface area contributed by atoms with Gasteiger partial charge in [-0.3, -0.25) is 14.6 Å². The summed E-state index contributed by atoms with van der Waals surface area (Å²) in [6.45, 7) is 1.83. The third-order valence-electron chi connectivity index (χ3n) is 7.88. The average molecular weight is 522 g/mol. The van der Waals surface area contributed by atoms with E-state index < -0.39 is 11.8 Å². The van der Waals surface area contributed by atoms with Crippen LogP contribution in [0.5, 0.6) is 11.5 Å². The number of ketones is 1. The lowest BCUT2D eigenvalue weighted by Crippen LogP contribution is -2.39. The number of esters is 1. The topological polar surface area (TPSA) is 85.2 Å². The molecule has 0 amide bonds. The number of Topliss-reactive ketones (excluding diaryl/α,β-unsaturated/α-hetero) is 1. The number of phenols is 1. The van der Waals surface area contributed by atoms with Crippen LogP contribution >= 0.6 is 11.6 Å². The van der Waals surface area contributed by atoms with Gasteiger partial charge in [-0.15, -0.1) is 0 Å². The molecule has 2 aromatic carbocycles. The number of allylic oxidation sites excluding steroid dienone is 2. The molecule has 1 saturated carbocycles. The third-order valence-corrected chi connectivity index (χ3v) is 8.17. The van der Waals surface area contributed by atoms with Crippen molar-refractivity contribution in [3.63, 3.8) is 0 Å². The summed E-state index contributed by atoms with van der Waals surface area (Å²) in [5, 5.41) is 10.5. The maximum Gasteiger partial charge on any atom is 0.315 e. The number of benzene rings is 2. The number of nitrogens with zero attached hydrogens (tertiary/aromatic N) is 1. The Balaban J connectivity index is 1.58. The second-order valence-corrected chi connectivity index (χ2v) is 10.7. The van der Waals surface area contributed by atoms with Gasteiger partial charge in [0, 0.05) is 29.3 Å². The summed E-state index contributed by atoms with van der Waals surface area (Å²) in [6, 6.07) is 13.3. The van der Waals surface area contributed by atoms with Crippen molar-refractivity contribution in [3.05, 3.63) is 69.9 Å². The number of aliphatic imine (C=N–C) groups is 1. The Morgan fingerprint density at radius 2 is 1.78 bits per heavy atom. The van der Waals surface area contributed by atoms with Crippen LogP contribution in [-0.4, -0.2) is 35.8 Å². The Morgan fingerprint density at radius 3 is 2.49 bits per heavy atom. The van der Waals surface area contributed by atoms with Crippen LogP contribution in [0.4, 0.5) is 0 Å². The lowest BCUT2D eigenvalue weighted by Gasteiger charge is -2.37. The molecule has 0 saturated heterocycles. The average Bonchev–Trinajstić information content (AvgIpc) is 2.90. The van der Waals surface area contributed by atoms with Gasteiger partial charge >= 0.3 is 5.97 Å². The molecule has 0 radical (unpaired) electrons. The Morgan fingerprint density at radius 1 is 1.05 bits per heavy atom. The van der Waals surface area contributed by atoms with Gasteiger partial charge in [-0.25, -0.2) is 0 Å². The number of carbonyl (C=O) groups is 2. The van der Waals surface area contributed by atoms with E-state index in [1.54, 1.807) is 12.1 Å². The van der Waals surface area contributed by atoms with Gasteiger partial charge in [-0.05, 0) is 68.2 Å². The molecule has 1 unspecified atom stereocenters. The van der Waals surface area contributed by atoms with Crippen LogP contribution in [0.2, 0.25) is 5.02 Å². The van der Waals surface area contributed by atoms with Crippen LogP contribution < -0.4 is 4.74 Å². The number of hydrogen-bond donors (Lipinski definition) is 1. The number of rotatable bonds is 5. The molecule has 3 aliphatic rings. The van der Waals surface area contributed by atoms with Crippen molar-refractivity contribution in [2.75, 3.05) is 7.11 Å². The fraction of sp³-hybridized carbons (Fsp3) is 0.433. The molecule has 1 fully saturated rings. The number of hydrogen-bond acceptors (Lipinski definition) is 6. The second kappa shape index (κ2) is 10.7. The molecule has 6 nitrogen and oxygen atoms in total. The van der Waals surface area contributed by atoms with Gasteiger partial charge in [-0.2, -0.15) is 0 Å². The molecule has 2 aromatic rings. The first-order valence-corrected chi connectivity index (χ1v) is 13.4. The zero-order chi connectivity index (χ0) is 26.1. The molecule has 5 rings (SSSR count). The van der Waals surface area contributed by atoms with E-state index in [9.17, 15) is 14.7 Å². The summed E-state index contributed by atoms with van der Waals surface area (Å²) in [6.07, 6.45) is 5.75. The van der Waals surface area contributed by atoms with Crippen LogP contribution in [-0.2, 0) is 14.3 Å². The van der Waals surface area contributed by atoms with Crippen LogP contribution in [0.3, 0.4) is 0 Å². The van der Waals surface area contributed by atoms with Crippen molar-refractivity contribution in [1.29, 1.82) is 0 Å². The Kier molecular flexibility index (Phi) is 7.38. The molecule has 1 aliphatic heterocycles. The number of aromatic hydroxyl groups is 1. The zero-order valence-corrected chi connectivity index (χ0v) is 22.0. The zero-order valence-electron chi connectivity index (χ0n) is 21.2. The highest BCUT2D eigenvalue weighted by atomic mass is 35.5. The van der Waals surface area contributed by atoms with Gasteiger partial charge in [0.05, 0.1) is 12.1 Å². The number of phenolic OH excluding ortho intramolecular Hbond substituents is 1. The largest absolute Gasteiger partial charge is 0.503 e. The van der Waals surface area contributed by atoms with Gasteiger partial charge in [-0.1, -0.05) is 48.4 Å². The molecule has 1 heterocycles. The number of ether oxygens (including phenoxy) is 2. The van der Waals surface area contributed by atoms with Crippen LogP contribution in [0.15, 0.2) is 58.7 Å². The summed E-state index contributed by atoms with van der Waals surface area (Å²) in [7, 11) is 1.44. The van der Waals surface area contributed by atoms with E-state index in [1.807, 2.05) is 37.3 Å². The van der Waals surface area contributed by atoms with Crippen LogP contribution in [0.25, 0.3) is 0 Å². The van der Waals surface area contributed by atoms with Gasteiger partial charge in [0.15, 0.2) is 17.3 Å². The first-order chi connectivity index (χ1) is 17.9. The van der Waals surface area contributed by atoms with Gasteiger partial charge < -0.3 is 14.6 Å². The highest BCUT2D eigenvalue weighted by Gasteiger charge is 2.45. The van der Waals surface area contributed by atoms with E-state index in [4.69, 9.17) is 26.1 Å². The molecular formula is C30H32ClNO5. The number of carbonyl (C=O) groups excluding carboxylic acids is 2. The lowest BCUT2D eigenvalue weighted by atomic mass is 9.69. The molecule has 7 heteroatoms. The van der Waals surface area contributed by atoms with E-state index >= 15 is 0 Å². The molecule has 0 bridgehead atoms. The third kappa shape index (κ3) is 5.04. The minimum atomic E-state index is -0.761. The first-order valence-electron chi connectivity index (χ1n) is 13.0. The van der Waals surface area contributed by atoms with Crippen molar-refractivity contribution in [3.8, 4) is 11.5 Å². The SMILES string of the molecule is COc1cc([C@@H]2C3=C(C[C@H](c4ccccc4)CC3=O)N=C(C)C2C(=O)OC2CCCCC2)cc(Cl)c1O. The maximum atomic E-state index is 13.8. The standard InChI is InChI=1S/C30H32ClNO5/c1-17-26(30(35)37-21-11-7-4-8-12-21)27(20-13-22(31)29(34)25(16-20)36-2)28-23(32-17)14-19(15-24(28)33)18-9-5-3-6-10-18/h3,5-6,9-10,13,16,19,21,26-27,34H,4,7-8,11-12,14-15H2,1-2H3/t19-,26?,27-/m0/s1. The van der Waals surface area contributed by atoms with Crippen molar-refractivity contribution < 1.29 is 24.2 Å². The van der Waals surface area contributed by atoms with Crippen molar-refractivity contribution in [1.82, 2.24) is 0 Å². The predicted octanol–water partition coefficient (Wildman–Crippen LogP) is 6.51. The van der Waals surface area contributed by atoms with Gasteiger partial charge in [0.1, 0.15) is 12.0 Å². The van der Waals surface area contributed by atoms with Crippen molar-refractivity contribution in [2.45, 2.75) is 69.8 Å². The van der Waals surface area contributed by atoms with E-state index in [0.717, 1.165) is 37.7 Å². The molecule has 194 valence electrons. The molecule has 0 spiro atoms. The summed E-state index contributed by atoms with van der Waals surface area (Å²) >= 11 is 6.37. The summed E-state index contributed by atoms with van der Waals surface area (Å²) < 4.78 is 11.4. The second-order valence-electron chi connectivity index (χ2n) is 10.3. The maximum absolute atomic E-state index is 13.8.